The second kappa shape index (κ2) is 3.71. The van der Waals surface area contributed by atoms with Gasteiger partial charge >= 0.3 is 5.37 Å². The summed E-state index contributed by atoms with van der Waals surface area (Å²) in [6.45, 7) is -0.0833. The first-order valence-electron chi connectivity index (χ1n) is 1.92. The summed E-state index contributed by atoms with van der Waals surface area (Å²) in [6.07, 6.45) is 0. The predicted molar refractivity (Wildman–Crippen MR) is 39.5 cm³/mol. The fourth-order valence-corrected chi connectivity index (χ4v) is 0.437. The average molecular weight is 211 g/mol. The van der Waals surface area contributed by atoms with Crippen LogP contribution in [0.1, 0.15) is 0 Å². The third-order valence-corrected chi connectivity index (χ3v) is 0.962. The highest BCUT2D eigenvalue weighted by Gasteiger charge is 2.19. The Balaban J connectivity index is 3.39. The molecular formula is C3H3Cl4NO. The normalized spacial score (nSPS) is 11.1. The third-order valence-electron chi connectivity index (χ3n) is 0.428. The highest BCUT2D eigenvalue weighted by Crippen LogP contribution is 2.24. The van der Waals surface area contributed by atoms with Gasteiger partial charge in [0.25, 0.3) is 0 Å². The van der Waals surface area contributed by atoms with Crippen LogP contribution in [0.3, 0.4) is 0 Å². The molecule has 0 heterocycles. The smallest absolute Gasteiger partial charge is 0.313 e. The van der Waals surface area contributed by atoms with Crippen molar-refractivity contribution in [3.8, 4) is 0 Å². The Morgan fingerprint density at radius 3 is 2.00 bits per heavy atom. The molecule has 0 bridgehead atoms. The molecule has 0 saturated heterocycles. The third kappa shape index (κ3) is 8.63. The molecule has 2 nitrogen and oxygen atoms in total. The monoisotopic (exact) mass is 209 g/mol. The number of rotatable bonds is 1. The number of amides is 1. The highest BCUT2D eigenvalue weighted by atomic mass is 35.6. The topological polar surface area (TPSA) is 29.1 Å². The van der Waals surface area contributed by atoms with Crippen molar-refractivity contribution in [2.24, 2.45) is 0 Å². The summed E-state index contributed by atoms with van der Waals surface area (Å²) < 4.78 is -1.47. The van der Waals surface area contributed by atoms with Gasteiger partial charge in [-0.3, -0.25) is 4.79 Å². The molecule has 0 aromatic heterocycles. The van der Waals surface area contributed by atoms with Crippen molar-refractivity contribution in [3.63, 3.8) is 0 Å². The van der Waals surface area contributed by atoms with E-state index in [2.05, 4.69) is 5.32 Å². The van der Waals surface area contributed by atoms with Crippen molar-refractivity contribution in [1.82, 2.24) is 5.32 Å². The van der Waals surface area contributed by atoms with Gasteiger partial charge in [0.2, 0.25) is 3.79 Å². The Morgan fingerprint density at radius 2 is 1.89 bits per heavy atom. The van der Waals surface area contributed by atoms with Crippen molar-refractivity contribution in [2.75, 3.05) is 6.54 Å². The molecule has 0 rings (SSSR count). The molecule has 0 unspecified atom stereocenters. The molecule has 0 saturated carbocycles. The lowest BCUT2D eigenvalue weighted by Crippen LogP contribution is -2.27. The first kappa shape index (κ1) is 9.63. The minimum Gasteiger partial charge on any atom is -0.338 e. The molecule has 1 N–H and O–H groups in total. The van der Waals surface area contributed by atoms with Gasteiger partial charge in [-0.25, -0.2) is 0 Å². The number of carbonyl (C=O) groups is 1. The van der Waals surface area contributed by atoms with Gasteiger partial charge in [0.05, 0.1) is 6.54 Å². The van der Waals surface area contributed by atoms with E-state index in [1.165, 1.54) is 0 Å². The van der Waals surface area contributed by atoms with Gasteiger partial charge in [0.15, 0.2) is 0 Å². The maximum Gasteiger partial charge on any atom is 0.313 e. The average Bonchev–Trinajstić information content (AvgIpc) is 1.59. The highest BCUT2D eigenvalue weighted by molar-refractivity contribution is 6.68. The zero-order valence-corrected chi connectivity index (χ0v) is 7.15. The van der Waals surface area contributed by atoms with Gasteiger partial charge < -0.3 is 5.32 Å². The molecule has 0 aromatic rings. The summed E-state index contributed by atoms with van der Waals surface area (Å²) in [5, 5.41) is 1.38. The molecular weight excluding hydrogens is 208 g/mol. The van der Waals surface area contributed by atoms with Crippen LogP contribution in [-0.2, 0) is 0 Å². The van der Waals surface area contributed by atoms with Crippen LogP contribution in [0.4, 0.5) is 4.79 Å². The summed E-state index contributed by atoms with van der Waals surface area (Å²) in [6, 6.07) is 0. The van der Waals surface area contributed by atoms with Crippen molar-refractivity contribution in [1.29, 1.82) is 0 Å². The Morgan fingerprint density at radius 1 is 1.44 bits per heavy atom. The largest absolute Gasteiger partial charge is 0.338 e. The van der Waals surface area contributed by atoms with E-state index in [9.17, 15) is 4.79 Å². The van der Waals surface area contributed by atoms with E-state index in [1.807, 2.05) is 0 Å². The zero-order valence-electron chi connectivity index (χ0n) is 4.13. The number of nitrogens with one attached hydrogen (secondary N) is 1. The van der Waals surface area contributed by atoms with Gasteiger partial charge in [0.1, 0.15) is 0 Å². The first-order chi connectivity index (χ1) is 3.92. The van der Waals surface area contributed by atoms with Crippen LogP contribution in [0.25, 0.3) is 0 Å². The molecule has 1 amide bonds. The molecule has 0 aliphatic heterocycles. The van der Waals surface area contributed by atoms with Crippen LogP contribution in [0, 0.1) is 0 Å². The molecule has 0 aliphatic carbocycles. The van der Waals surface area contributed by atoms with Gasteiger partial charge in [-0.05, 0) is 11.6 Å². The quantitative estimate of drug-likeness (QED) is 0.402. The second-order valence-electron chi connectivity index (χ2n) is 1.24. The maximum atomic E-state index is 9.97. The summed E-state index contributed by atoms with van der Waals surface area (Å²) in [4.78, 5) is 9.97. The van der Waals surface area contributed by atoms with Gasteiger partial charge in [-0.2, -0.15) is 0 Å². The number of alkyl halides is 3. The molecule has 0 atom stereocenters. The van der Waals surface area contributed by atoms with Crippen LogP contribution < -0.4 is 5.32 Å². The molecule has 0 fully saturated rings. The van der Waals surface area contributed by atoms with E-state index in [0.717, 1.165) is 0 Å². The van der Waals surface area contributed by atoms with E-state index < -0.39 is 9.16 Å². The van der Waals surface area contributed by atoms with Crippen LogP contribution in [0.2, 0.25) is 0 Å². The van der Waals surface area contributed by atoms with E-state index in [4.69, 9.17) is 46.4 Å². The molecule has 54 valence electrons. The summed E-state index contributed by atoms with van der Waals surface area (Å²) in [5.74, 6) is 0. The minimum atomic E-state index is -1.47. The van der Waals surface area contributed by atoms with E-state index in [-0.39, 0.29) is 6.54 Å². The van der Waals surface area contributed by atoms with Crippen molar-refractivity contribution < 1.29 is 4.79 Å². The molecule has 0 aromatic carbocycles. The van der Waals surface area contributed by atoms with Crippen molar-refractivity contribution in [3.05, 3.63) is 0 Å². The van der Waals surface area contributed by atoms with Crippen LogP contribution >= 0.6 is 46.4 Å². The minimum absolute atomic E-state index is 0.0833. The maximum absolute atomic E-state index is 9.97. The predicted octanol–water partition coefficient (Wildman–Crippen LogP) is 2.31. The summed E-state index contributed by atoms with van der Waals surface area (Å²) in [7, 11) is 0. The summed E-state index contributed by atoms with van der Waals surface area (Å²) in [5.41, 5.74) is 0. The number of hydrogen-bond acceptors (Lipinski definition) is 1. The Hall–Kier alpha value is 0.630. The van der Waals surface area contributed by atoms with E-state index in [1.54, 1.807) is 0 Å². The zero-order chi connectivity index (χ0) is 7.49. The lowest BCUT2D eigenvalue weighted by molar-refractivity contribution is 0.260. The molecule has 6 heteroatoms. The van der Waals surface area contributed by atoms with Crippen LogP contribution in [0.15, 0.2) is 0 Å². The Bertz CT molecular complexity index is 109. The van der Waals surface area contributed by atoms with Gasteiger partial charge in [-0.1, -0.05) is 34.8 Å². The Kier molecular flexibility index (Phi) is 3.97. The molecule has 0 aliphatic rings. The SMILES string of the molecule is O=C(Cl)NCC(Cl)(Cl)Cl. The van der Waals surface area contributed by atoms with Gasteiger partial charge in [-0.15, -0.1) is 0 Å². The standard InChI is InChI=1S/C3H3Cl4NO/c4-2(9)8-1-3(5,6)7/h1H2,(H,8,9). The lowest BCUT2D eigenvalue weighted by Gasteiger charge is -2.08. The van der Waals surface area contributed by atoms with Crippen LogP contribution in [0.5, 0.6) is 0 Å². The molecule has 0 spiro atoms. The Labute approximate surface area is 72.4 Å². The van der Waals surface area contributed by atoms with Gasteiger partial charge in [0, 0.05) is 0 Å². The fraction of sp³-hybridized carbons (Fsp3) is 0.667. The van der Waals surface area contributed by atoms with Crippen molar-refractivity contribution >= 4 is 51.8 Å². The fourth-order valence-electron chi connectivity index (χ4n) is 0.170. The number of hydrogen-bond donors (Lipinski definition) is 1. The van der Waals surface area contributed by atoms with Crippen LogP contribution in [-0.4, -0.2) is 15.7 Å². The number of halogens is 4. The van der Waals surface area contributed by atoms with E-state index in [0.29, 0.717) is 0 Å². The first-order valence-corrected chi connectivity index (χ1v) is 3.43. The summed E-state index contributed by atoms with van der Waals surface area (Å²) >= 11 is 20.6. The lowest BCUT2D eigenvalue weighted by atomic mass is 10.7. The van der Waals surface area contributed by atoms with E-state index >= 15 is 0 Å². The van der Waals surface area contributed by atoms with Crippen molar-refractivity contribution in [2.45, 2.75) is 3.79 Å². The second-order valence-corrected chi connectivity index (χ2v) is 4.10. The molecule has 0 radical (unpaired) electrons. The number of carbonyl (C=O) groups excluding carboxylic acids is 1. The molecule has 9 heavy (non-hydrogen) atoms.